The number of thioether (sulfide) groups is 1. The lowest BCUT2D eigenvalue weighted by Crippen LogP contribution is -2.27. The zero-order chi connectivity index (χ0) is 17.9. The van der Waals surface area contributed by atoms with Gasteiger partial charge >= 0.3 is 0 Å². The highest BCUT2D eigenvalue weighted by molar-refractivity contribution is 7.99. The van der Waals surface area contributed by atoms with E-state index in [0.29, 0.717) is 5.16 Å². The van der Waals surface area contributed by atoms with Crippen molar-refractivity contribution < 1.29 is 9.21 Å². The number of aromatic nitrogens is 3. The number of fused-ring (bicyclic) bond motifs is 1. The number of hydrogen-bond donors (Lipinski definition) is 2. The molecule has 0 saturated carbocycles. The van der Waals surface area contributed by atoms with Gasteiger partial charge in [0.05, 0.1) is 16.7 Å². The van der Waals surface area contributed by atoms with Gasteiger partial charge in [0, 0.05) is 5.39 Å². The maximum absolute atomic E-state index is 12.2. The smallest absolute Gasteiger partial charge is 0.231 e. The SMILES string of the molecule is C[C@H](NC(=O)CSc1n[nH]c(-c2cccs2)n1)c1cc2ccccc2o1. The predicted molar refractivity (Wildman–Crippen MR) is 103 cm³/mol. The van der Waals surface area contributed by atoms with Crippen LogP contribution in [0.15, 0.2) is 57.4 Å². The number of aromatic amines is 1. The molecule has 3 aromatic heterocycles. The summed E-state index contributed by atoms with van der Waals surface area (Å²) < 4.78 is 5.79. The molecule has 4 aromatic rings. The van der Waals surface area contributed by atoms with Crippen molar-refractivity contribution >= 4 is 40.0 Å². The van der Waals surface area contributed by atoms with Gasteiger partial charge in [-0.25, -0.2) is 4.98 Å². The van der Waals surface area contributed by atoms with Gasteiger partial charge in [0.25, 0.3) is 0 Å². The topological polar surface area (TPSA) is 83.8 Å². The fourth-order valence-electron chi connectivity index (χ4n) is 2.53. The molecule has 0 saturated heterocycles. The number of carbonyl (C=O) groups is 1. The third kappa shape index (κ3) is 3.66. The Labute approximate surface area is 158 Å². The second-order valence-electron chi connectivity index (χ2n) is 5.71. The number of hydrogen-bond acceptors (Lipinski definition) is 6. The third-order valence-corrected chi connectivity index (χ3v) is 5.52. The molecule has 0 spiro atoms. The van der Waals surface area contributed by atoms with Gasteiger partial charge in [0.15, 0.2) is 5.82 Å². The summed E-state index contributed by atoms with van der Waals surface area (Å²) >= 11 is 2.89. The van der Waals surface area contributed by atoms with E-state index < -0.39 is 0 Å². The Hall–Kier alpha value is -2.58. The normalized spacial score (nSPS) is 12.3. The van der Waals surface area contributed by atoms with Crippen molar-refractivity contribution in [2.45, 2.75) is 18.1 Å². The molecule has 1 atom stereocenters. The van der Waals surface area contributed by atoms with Crippen molar-refractivity contribution in [3.05, 3.63) is 53.6 Å². The fourth-order valence-corrected chi connectivity index (χ4v) is 3.81. The van der Waals surface area contributed by atoms with Gasteiger partial charge in [0.2, 0.25) is 11.1 Å². The van der Waals surface area contributed by atoms with Crippen LogP contribution in [0.25, 0.3) is 21.7 Å². The molecule has 6 nitrogen and oxygen atoms in total. The molecule has 2 N–H and O–H groups in total. The van der Waals surface area contributed by atoms with E-state index in [-0.39, 0.29) is 17.7 Å². The highest BCUT2D eigenvalue weighted by atomic mass is 32.2. The van der Waals surface area contributed by atoms with Gasteiger partial charge in [-0.2, -0.15) is 0 Å². The summed E-state index contributed by atoms with van der Waals surface area (Å²) in [6, 6.07) is 13.5. The Kier molecular flexibility index (Phi) is 4.77. The lowest BCUT2D eigenvalue weighted by atomic mass is 10.2. The molecule has 8 heteroatoms. The van der Waals surface area contributed by atoms with Crippen LogP contribution in [0.5, 0.6) is 0 Å². The maximum atomic E-state index is 12.2. The van der Waals surface area contributed by atoms with Gasteiger partial charge in [0.1, 0.15) is 11.3 Å². The van der Waals surface area contributed by atoms with Crippen LogP contribution in [0.3, 0.4) is 0 Å². The van der Waals surface area contributed by atoms with E-state index >= 15 is 0 Å². The molecule has 1 amide bonds. The largest absolute Gasteiger partial charge is 0.459 e. The summed E-state index contributed by atoms with van der Waals surface area (Å²) in [5, 5.41) is 13.6. The van der Waals surface area contributed by atoms with Gasteiger partial charge in [-0.3, -0.25) is 9.89 Å². The number of furan rings is 1. The zero-order valence-corrected chi connectivity index (χ0v) is 15.6. The Morgan fingerprint density at radius 2 is 2.23 bits per heavy atom. The molecule has 0 fully saturated rings. The van der Waals surface area contributed by atoms with E-state index in [9.17, 15) is 4.79 Å². The van der Waals surface area contributed by atoms with E-state index in [1.807, 2.05) is 54.8 Å². The molecule has 0 unspecified atom stereocenters. The van der Waals surface area contributed by atoms with Crippen molar-refractivity contribution in [1.29, 1.82) is 0 Å². The van der Waals surface area contributed by atoms with E-state index in [1.165, 1.54) is 11.8 Å². The Morgan fingerprint density at radius 1 is 1.35 bits per heavy atom. The summed E-state index contributed by atoms with van der Waals surface area (Å²) in [5.74, 6) is 1.61. The van der Waals surface area contributed by atoms with Crippen LogP contribution in [0.4, 0.5) is 0 Å². The number of H-pyrrole nitrogens is 1. The summed E-state index contributed by atoms with van der Waals surface area (Å²) in [5.41, 5.74) is 0.819. The van der Waals surface area contributed by atoms with E-state index in [0.717, 1.165) is 27.4 Å². The van der Waals surface area contributed by atoms with Crippen LogP contribution in [0.1, 0.15) is 18.7 Å². The molecular formula is C18H16N4O2S2. The highest BCUT2D eigenvalue weighted by Crippen LogP contribution is 2.25. The Bertz CT molecular complexity index is 990. The Morgan fingerprint density at radius 3 is 3.04 bits per heavy atom. The summed E-state index contributed by atoms with van der Waals surface area (Å²) in [6.07, 6.45) is 0. The molecule has 3 heterocycles. The number of amides is 1. The quantitative estimate of drug-likeness (QED) is 0.486. The Balaban J connectivity index is 1.33. The molecule has 0 aliphatic rings. The molecule has 0 radical (unpaired) electrons. The number of nitrogens with zero attached hydrogens (tertiary/aromatic N) is 2. The molecular weight excluding hydrogens is 368 g/mol. The standard InChI is InChI=1S/C18H16N4O2S2/c1-11(14-9-12-5-2-3-6-13(12)24-14)19-16(23)10-26-18-20-17(21-22-18)15-7-4-8-25-15/h2-9,11H,10H2,1H3,(H,19,23)(H,20,21,22)/t11-/m0/s1. The van der Waals surface area contributed by atoms with Crippen LogP contribution >= 0.6 is 23.1 Å². The molecule has 0 aliphatic heterocycles. The first-order valence-electron chi connectivity index (χ1n) is 8.06. The number of carbonyl (C=O) groups excluding carboxylic acids is 1. The first-order chi connectivity index (χ1) is 12.7. The number of nitrogens with one attached hydrogen (secondary N) is 2. The third-order valence-electron chi connectivity index (χ3n) is 3.80. The number of rotatable bonds is 6. The van der Waals surface area contributed by atoms with Crippen LogP contribution < -0.4 is 5.32 Å². The van der Waals surface area contributed by atoms with Crippen molar-refractivity contribution in [1.82, 2.24) is 20.5 Å². The molecule has 132 valence electrons. The lowest BCUT2D eigenvalue weighted by Gasteiger charge is -2.10. The monoisotopic (exact) mass is 384 g/mol. The molecule has 0 bridgehead atoms. The highest BCUT2D eigenvalue weighted by Gasteiger charge is 2.15. The van der Waals surface area contributed by atoms with Crippen LogP contribution in [0, 0.1) is 0 Å². The van der Waals surface area contributed by atoms with Crippen molar-refractivity contribution in [2.75, 3.05) is 5.75 Å². The molecule has 0 aliphatic carbocycles. The van der Waals surface area contributed by atoms with E-state index in [1.54, 1.807) is 11.3 Å². The van der Waals surface area contributed by atoms with E-state index in [4.69, 9.17) is 4.42 Å². The first kappa shape index (κ1) is 16.9. The zero-order valence-electron chi connectivity index (χ0n) is 13.9. The van der Waals surface area contributed by atoms with Crippen LogP contribution in [-0.2, 0) is 4.79 Å². The summed E-state index contributed by atoms with van der Waals surface area (Å²) in [7, 11) is 0. The first-order valence-corrected chi connectivity index (χ1v) is 9.92. The van der Waals surface area contributed by atoms with Gasteiger partial charge in [-0.1, -0.05) is 36.0 Å². The molecule has 1 aromatic carbocycles. The maximum Gasteiger partial charge on any atom is 0.231 e. The van der Waals surface area contributed by atoms with Crippen molar-refractivity contribution in [2.24, 2.45) is 0 Å². The minimum Gasteiger partial charge on any atom is -0.459 e. The lowest BCUT2D eigenvalue weighted by molar-refractivity contribution is -0.119. The average molecular weight is 384 g/mol. The molecule has 4 rings (SSSR count). The minimum atomic E-state index is -0.204. The second-order valence-corrected chi connectivity index (χ2v) is 7.60. The second kappa shape index (κ2) is 7.35. The van der Waals surface area contributed by atoms with E-state index in [2.05, 4.69) is 20.5 Å². The molecule has 26 heavy (non-hydrogen) atoms. The van der Waals surface area contributed by atoms with Gasteiger partial charge in [-0.15, -0.1) is 16.4 Å². The van der Waals surface area contributed by atoms with Crippen molar-refractivity contribution in [3.8, 4) is 10.7 Å². The number of thiophene rings is 1. The summed E-state index contributed by atoms with van der Waals surface area (Å²) in [4.78, 5) is 17.6. The van der Waals surface area contributed by atoms with Gasteiger partial charge < -0.3 is 9.73 Å². The minimum absolute atomic E-state index is 0.0922. The predicted octanol–water partition coefficient (Wildman–Crippen LogP) is 4.25. The fraction of sp³-hybridized carbons (Fsp3) is 0.167. The van der Waals surface area contributed by atoms with Crippen LogP contribution in [-0.4, -0.2) is 26.8 Å². The van der Waals surface area contributed by atoms with Gasteiger partial charge in [-0.05, 0) is 30.5 Å². The average Bonchev–Trinajstić information content (AvgIpc) is 3.39. The van der Waals surface area contributed by atoms with Crippen LogP contribution in [0.2, 0.25) is 0 Å². The number of para-hydroxylation sites is 1. The van der Waals surface area contributed by atoms with Crippen molar-refractivity contribution in [3.63, 3.8) is 0 Å². The number of benzene rings is 1. The summed E-state index contributed by atoms with van der Waals surface area (Å²) in [6.45, 7) is 1.90.